The van der Waals surface area contributed by atoms with E-state index < -0.39 is 0 Å². The van der Waals surface area contributed by atoms with Gasteiger partial charge < -0.3 is 15.2 Å². The van der Waals surface area contributed by atoms with Crippen molar-refractivity contribution < 1.29 is 9.84 Å². The number of hydrogen-bond donors (Lipinski definition) is 2. The van der Waals surface area contributed by atoms with Gasteiger partial charge in [0.15, 0.2) is 0 Å². The largest absolute Gasteiger partial charge is 0.501 e. The van der Waals surface area contributed by atoms with Crippen molar-refractivity contribution in [3.05, 3.63) is 11.8 Å². The first-order chi connectivity index (χ1) is 6.70. The summed E-state index contributed by atoms with van der Waals surface area (Å²) in [7, 11) is 0. The van der Waals surface area contributed by atoms with E-state index >= 15 is 0 Å². The molecule has 14 heavy (non-hydrogen) atoms. The summed E-state index contributed by atoms with van der Waals surface area (Å²) in [6.45, 7) is 6.68. The molecule has 3 heteroatoms. The van der Waals surface area contributed by atoms with E-state index in [4.69, 9.17) is 4.74 Å². The summed E-state index contributed by atoms with van der Waals surface area (Å²) < 4.78 is 5.18. The Balaban J connectivity index is 2.20. The summed E-state index contributed by atoms with van der Waals surface area (Å²) in [5.74, 6) is 0.624. The van der Waals surface area contributed by atoms with E-state index in [0.717, 1.165) is 31.6 Å². The van der Waals surface area contributed by atoms with Gasteiger partial charge in [0.2, 0.25) is 0 Å². The van der Waals surface area contributed by atoms with Crippen molar-refractivity contribution in [2.45, 2.75) is 32.8 Å². The van der Waals surface area contributed by atoms with Crippen molar-refractivity contribution >= 4 is 0 Å². The Hall–Kier alpha value is -0.540. The molecular weight excluding hydrogens is 178 g/mol. The number of aliphatic hydroxyl groups is 1. The Morgan fingerprint density at radius 2 is 2.29 bits per heavy atom. The molecule has 0 aromatic rings. The van der Waals surface area contributed by atoms with E-state index in [1.807, 2.05) is 0 Å². The third-order valence-corrected chi connectivity index (χ3v) is 2.28. The summed E-state index contributed by atoms with van der Waals surface area (Å²) in [6, 6.07) is 0. The van der Waals surface area contributed by atoms with Crippen molar-refractivity contribution in [1.29, 1.82) is 0 Å². The Morgan fingerprint density at radius 3 is 2.86 bits per heavy atom. The summed E-state index contributed by atoms with van der Waals surface area (Å²) in [4.78, 5) is 0. The van der Waals surface area contributed by atoms with Crippen molar-refractivity contribution in [2.75, 3.05) is 19.7 Å². The van der Waals surface area contributed by atoms with E-state index in [1.54, 1.807) is 6.26 Å². The molecule has 0 spiro atoms. The topological polar surface area (TPSA) is 41.5 Å². The van der Waals surface area contributed by atoms with E-state index in [1.165, 1.54) is 0 Å². The Kier molecular flexibility index (Phi) is 4.98. The maximum Gasteiger partial charge on any atom is 0.0906 e. The van der Waals surface area contributed by atoms with Crippen LogP contribution in [0.3, 0.4) is 0 Å². The lowest BCUT2D eigenvalue weighted by Crippen LogP contribution is -2.31. The molecule has 1 heterocycles. The molecule has 0 bridgehead atoms. The van der Waals surface area contributed by atoms with Crippen molar-refractivity contribution in [2.24, 2.45) is 5.92 Å². The van der Waals surface area contributed by atoms with Gasteiger partial charge in [0.05, 0.1) is 19.0 Å². The molecule has 0 amide bonds. The van der Waals surface area contributed by atoms with Gasteiger partial charge in [-0.3, -0.25) is 0 Å². The number of nitrogens with one attached hydrogen (secondary N) is 1. The van der Waals surface area contributed by atoms with Gasteiger partial charge >= 0.3 is 0 Å². The monoisotopic (exact) mass is 199 g/mol. The van der Waals surface area contributed by atoms with Crippen LogP contribution in [0.2, 0.25) is 0 Å². The first-order valence-electron chi connectivity index (χ1n) is 5.39. The lowest BCUT2D eigenvalue weighted by atomic mass is 10.0. The highest BCUT2D eigenvalue weighted by atomic mass is 16.5. The van der Waals surface area contributed by atoms with Crippen LogP contribution in [0.4, 0.5) is 0 Å². The number of hydrogen-bond acceptors (Lipinski definition) is 3. The molecule has 2 N–H and O–H groups in total. The average Bonchev–Trinajstić information content (AvgIpc) is 2.18. The molecule has 0 fully saturated rings. The minimum Gasteiger partial charge on any atom is -0.501 e. The van der Waals surface area contributed by atoms with E-state index in [0.29, 0.717) is 12.5 Å². The van der Waals surface area contributed by atoms with Gasteiger partial charge in [0.25, 0.3) is 0 Å². The molecule has 1 atom stereocenters. The fourth-order valence-electron chi connectivity index (χ4n) is 1.47. The average molecular weight is 199 g/mol. The summed E-state index contributed by atoms with van der Waals surface area (Å²) >= 11 is 0. The predicted octanol–water partition coefficient (Wildman–Crippen LogP) is 1.29. The molecule has 3 nitrogen and oxygen atoms in total. The number of ether oxygens (including phenoxy) is 1. The fourth-order valence-corrected chi connectivity index (χ4v) is 1.47. The SMILES string of the molecule is CC(C)CNCC(O)C1=COCCC1. The van der Waals surface area contributed by atoms with Gasteiger partial charge in [0, 0.05) is 6.54 Å². The molecule has 0 radical (unpaired) electrons. The quantitative estimate of drug-likeness (QED) is 0.701. The molecule has 0 aromatic carbocycles. The zero-order valence-electron chi connectivity index (χ0n) is 9.12. The van der Waals surface area contributed by atoms with Gasteiger partial charge in [-0.05, 0) is 30.9 Å². The molecular formula is C11H21NO2. The Morgan fingerprint density at radius 1 is 1.50 bits per heavy atom. The highest BCUT2D eigenvalue weighted by Gasteiger charge is 2.13. The highest BCUT2D eigenvalue weighted by molar-refractivity contribution is 5.07. The summed E-state index contributed by atoms with van der Waals surface area (Å²) in [5, 5.41) is 13.0. The van der Waals surface area contributed by atoms with Crippen LogP contribution in [-0.4, -0.2) is 30.9 Å². The van der Waals surface area contributed by atoms with Crippen LogP contribution in [0.1, 0.15) is 26.7 Å². The smallest absolute Gasteiger partial charge is 0.0906 e. The maximum atomic E-state index is 9.78. The third-order valence-electron chi connectivity index (χ3n) is 2.28. The second-order valence-corrected chi connectivity index (χ2v) is 4.24. The lowest BCUT2D eigenvalue weighted by Gasteiger charge is -2.19. The molecule has 0 aliphatic carbocycles. The molecule has 1 aliphatic heterocycles. The van der Waals surface area contributed by atoms with Crippen LogP contribution in [-0.2, 0) is 4.74 Å². The normalized spacial score (nSPS) is 19.0. The zero-order valence-corrected chi connectivity index (χ0v) is 9.12. The zero-order chi connectivity index (χ0) is 10.4. The third kappa shape index (κ3) is 4.11. The van der Waals surface area contributed by atoms with Crippen molar-refractivity contribution in [3.8, 4) is 0 Å². The first-order valence-corrected chi connectivity index (χ1v) is 5.39. The van der Waals surface area contributed by atoms with Crippen LogP contribution in [0.5, 0.6) is 0 Å². The summed E-state index contributed by atoms with van der Waals surface area (Å²) in [5.41, 5.74) is 1.02. The Bertz CT molecular complexity index is 190. The van der Waals surface area contributed by atoms with Gasteiger partial charge in [-0.2, -0.15) is 0 Å². The fraction of sp³-hybridized carbons (Fsp3) is 0.818. The first kappa shape index (κ1) is 11.5. The van der Waals surface area contributed by atoms with Gasteiger partial charge in [-0.25, -0.2) is 0 Å². The van der Waals surface area contributed by atoms with Crippen LogP contribution < -0.4 is 5.32 Å². The molecule has 0 aromatic heterocycles. The molecule has 1 unspecified atom stereocenters. The van der Waals surface area contributed by atoms with E-state index in [2.05, 4.69) is 19.2 Å². The molecule has 82 valence electrons. The van der Waals surface area contributed by atoms with Gasteiger partial charge in [0.1, 0.15) is 0 Å². The van der Waals surface area contributed by atoms with E-state index in [9.17, 15) is 5.11 Å². The number of rotatable bonds is 5. The van der Waals surface area contributed by atoms with Crippen molar-refractivity contribution in [3.63, 3.8) is 0 Å². The maximum absolute atomic E-state index is 9.78. The number of aliphatic hydroxyl groups excluding tert-OH is 1. The molecule has 1 rings (SSSR count). The second kappa shape index (κ2) is 6.04. The highest BCUT2D eigenvalue weighted by Crippen LogP contribution is 2.15. The summed E-state index contributed by atoms with van der Waals surface area (Å²) in [6.07, 6.45) is 3.32. The van der Waals surface area contributed by atoms with Crippen LogP contribution in [0.15, 0.2) is 11.8 Å². The molecule has 1 aliphatic rings. The van der Waals surface area contributed by atoms with Crippen LogP contribution >= 0.6 is 0 Å². The predicted molar refractivity (Wildman–Crippen MR) is 57.0 cm³/mol. The van der Waals surface area contributed by atoms with Crippen molar-refractivity contribution in [1.82, 2.24) is 5.32 Å². The minimum absolute atomic E-state index is 0.381. The molecule has 0 saturated carbocycles. The van der Waals surface area contributed by atoms with Crippen LogP contribution in [0, 0.1) is 5.92 Å². The van der Waals surface area contributed by atoms with Gasteiger partial charge in [-0.1, -0.05) is 13.8 Å². The Labute approximate surface area is 86.2 Å². The lowest BCUT2D eigenvalue weighted by molar-refractivity contribution is 0.166. The molecule has 0 saturated heterocycles. The van der Waals surface area contributed by atoms with Gasteiger partial charge in [-0.15, -0.1) is 0 Å². The standard InChI is InChI=1S/C11H21NO2/c1-9(2)6-12-7-11(13)10-4-3-5-14-8-10/h8-9,11-13H,3-7H2,1-2H3. The van der Waals surface area contributed by atoms with E-state index in [-0.39, 0.29) is 6.10 Å². The second-order valence-electron chi connectivity index (χ2n) is 4.24. The minimum atomic E-state index is -0.381. The van der Waals surface area contributed by atoms with Crippen LogP contribution in [0.25, 0.3) is 0 Å².